The van der Waals surface area contributed by atoms with E-state index in [1.165, 1.54) is 5.01 Å². The first-order valence-corrected chi connectivity index (χ1v) is 9.53. The highest BCUT2D eigenvalue weighted by atomic mass is 16.5. The molecule has 0 atom stereocenters. The molecular weight excluding hydrogens is 383 g/mol. The summed E-state index contributed by atoms with van der Waals surface area (Å²) in [5, 5.41) is 17.7. The minimum Gasteiger partial charge on any atom is -0.496 e. The average molecular weight is 408 g/mol. The molecule has 1 heterocycles. The van der Waals surface area contributed by atoms with Gasteiger partial charge in [0.25, 0.3) is 11.8 Å². The Morgan fingerprint density at radius 1 is 1.23 bits per heavy atom. The van der Waals surface area contributed by atoms with Gasteiger partial charge in [-0.1, -0.05) is 12.1 Å². The lowest BCUT2D eigenvalue weighted by Crippen LogP contribution is -2.56. The summed E-state index contributed by atoms with van der Waals surface area (Å²) in [5.74, 6) is -0.188. The molecule has 0 aliphatic carbocycles. The smallest absolute Gasteiger partial charge is 0.464 e. The Balaban J connectivity index is 1.91. The van der Waals surface area contributed by atoms with Gasteiger partial charge in [0.05, 0.1) is 18.9 Å². The van der Waals surface area contributed by atoms with Crippen LogP contribution >= 0.6 is 0 Å². The van der Waals surface area contributed by atoms with E-state index in [-0.39, 0.29) is 5.91 Å². The lowest BCUT2D eigenvalue weighted by molar-refractivity contribution is 0.0358. The Morgan fingerprint density at radius 2 is 1.97 bits per heavy atom. The summed E-state index contributed by atoms with van der Waals surface area (Å²) in [6.07, 6.45) is 1.54. The van der Waals surface area contributed by atoms with Crippen LogP contribution in [0.1, 0.15) is 52.6 Å². The summed E-state index contributed by atoms with van der Waals surface area (Å²) < 4.78 is 5.29. The molecule has 2 aromatic carbocycles. The van der Waals surface area contributed by atoms with Crippen LogP contribution in [-0.2, 0) is 0 Å². The molecule has 0 aromatic heterocycles. The molecule has 3 N–H and O–H groups in total. The highest BCUT2D eigenvalue weighted by Crippen LogP contribution is 2.22. The zero-order valence-corrected chi connectivity index (χ0v) is 17.7. The van der Waals surface area contributed by atoms with Crippen LogP contribution in [0.5, 0.6) is 5.75 Å². The molecule has 1 aliphatic rings. The number of hydrogen-bond acceptors (Lipinski definition) is 6. The van der Waals surface area contributed by atoms with E-state index in [1.54, 1.807) is 56.6 Å². The number of benzene rings is 2. The number of hydrogen-bond donors (Lipinski definition) is 3. The maximum Gasteiger partial charge on any atom is 0.464 e. The van der Waals surface area contributed by atoms with Crippen molar-refractivity contribution in [3.8, 4) is 5.75 Å². The van der Waals surface area contributed by atoms with Crippen LogP contribution in [-0.4, -0.2) is 47.8 Å². The van der Waals surface area contributed by atoms with Crippen molar-refractivity contribution >= 4 is 30.5 Å². The Labute approximate surface area is 176 Å². The molecule has 8 nitrogen and oxygen atoms in total. The molecular formula is C21H25BN4O4. The number of hydrazone groups is 1. The van der Waals surface area contributed by atoms with Gasteiger partial charge in [0.15, 0.2) is 0 Å². The molecule has 0 saturated heterocycles. The van der Waals surface area contributed by atoms with Crippen LogP contribution < -0.4 is 21.0 Å². The van der Waals surface area contributed by atoms with Gasteiger partial charge in [0, 0.05) is 16.7 Å². The van der Waals surface area contributed by atoms with Crippen LogP contribution in [0.2, 0.25) is 0 Å². The number of methoxy groups -OCH3 is 1. The summed E-state index contributed by atoms with van der Waals surface area (Å²) in [7, 11) is 0.615. The van der Waals surface area contributed by atoms with Crippen LogP contribution in [0, 0.1) is 6.92 Å². The van der Waals surface area contributed by atoms with E-state index in [4.69, 9.17) is 4.74 Å². The summed E-state index contributed by atoms with van der Waals surface area (Å²) in [6.45, 7) is 7.28. The molecule has 30 heavy (non-hydrogen) atoms. The van der Waals surface area contributed by atoms with Crippen molar-refractivity contribution in [1.29, 1.82) is 0 Å². The number of amides is 2. The predicted octanol–water partition coefficient (Wildman–Crippen LogP) is 1.21. The van der Waals surface area contributed by atoms with E-state index in [2.05, 4.69) is 15.9 Å². The summed E-state index contributed by atoms with van der Waals surface area (Å²) >= 11 is 0. The van der Waals surface area contributed by atoms with Crippen LogP contribution in [0.3, 0.4) is 0 Å². The van der Waals surface area contributed by atoms with Gasteiger partial charge in [-0.2, -0.15) is 5.10 Å². The lowest BCUT2D eigenvalue weighted by Gasteiger charge is -2.35. The highest BCUT2D eigenvalue weighted by molar-refractivity contribution is 6.65. The number of hydrazine groups is 1. The predicted molar refractivity (Wildman–Crippen MR) is 116 cm³/mol. The Bertz CT molecular complexity index is 1020. The second kappa shape index (κ2) is 8.20. The topological polar surface area (TPSA) is 103 Å². The Morgan fingerprint density at radius 3 is 2.63 bits per heavy atom. The zero-order chi connectivity index (χ0) is 22.1. The zero-order valence-electron chi connectivity index (χ0n) is 17.7. The maximum absolute atomic E-state index is 13.3. The fourth-order valence-corrected chi connectivity index (χ4v) is 3.21. The number of ether oxygens (including phenoxy) is 1. The molecule has 1 aliphatic heterocycles. The quantitative estimate of drug-likeness (QED) is 0.524. The number of rotatable bonds is 3. The van der Waals surface area contributed by atoms with Crippen LogP contribution in [0.25, 0.3) is 0 Å². The molecule has 9 heteroatoms. The summed E-state index contributed by atoms with van der Waals surface area (Å²) in [4.78, 5) is 26.3. The lowest BCUT2D eigenvalue weighted by atomic mass is 9.71. The molecule has 0 saturated carbocycles. The van der Waals surface area contributed by atoms with Gasteiger partial charge >= 0.3 is 7.05 Å². The van der Waals surface area contributed by atoms with Crippen molar-refractivity contribution in [3.63, 3.8) is 0 Å². The second-order valence-corrected chi connectivity index (χ2v) is 8.02. The van der Waals surface area contributed by atoms with Crippen LogP contribution in [0.15, 0.2) is 41.5 Å². The molecule has 0 unspecified atom stereocenters. The fraction of sp³-hybridized carbons (Fsp3) is 0.286. The Kier molecular flexibility index (Phi) is 5.84. The van der Waals surface area contributed by atoms with Crippen molar-refractivity contribution in [2.75, 3.05) is 7.11 Å². The fourth-order valence-electron chi connectivity index (χ4n) is 3.21. The standard InChI is InChI=1S/C21H25BN4O4/c1-13-16(7-6-8-18(13)30-5)19(27)24-26(21(2,3)4)20(28)14-9-10-17-15(11-14)12-23-25-22(17)29/h6-12,25,29H,1-5H3,(H,24,27). The second-order valence-electron chi connectivity index (χ2n) is 8.02. The third-order valence-corrected chi connectivity index (χ3v) is 4.86. The summed E-state index contributed by atoms with van der Waals surface area (Å²) in [5.41, 5.74) is 4.79. The monoisotopic (exact) mass is 408 g/mol. The van der Waals surface area contributed by atoms with E-state index < -0.39 is 18.5 Å². The molecule has 156 valence electrons. The van der Waals surface area contributed by atoms with Gasteiger partial charge in [-0.15, -0.1) is 0 Å². The van der Waals surface area contributed by atoms with Gasteiger partial charge in [-0.25, -0.2) is 5.01 Å². The number of fused-ring (bicyclic) bond motifs is 1. The van der Waals surface area contributed by atoms with Crippen molar-refractivity contribution in [2.45, 2.75) is 33.2 Å². The Hall–Kier alpha value is -3.33. The van der Waals surface area contributed by atoms with Crippen molar-refractivity contribution in [1.82, 2.24) is 15.8 Å². The first-order chi connectivity index (χ1) is 14.1. The SMILES string of the molecule is COc1cccc(C(=O)NN(C(=O)c2ccc3c(c2)C=NNB3O)C(C)(C)C)c1C. The first kappa shape index (κ1) is 21.4. The molecule has 0 radical (unpaired) electrons. The van der Waals surface area contributed by atoms with E-state index in [0.717, 1.165) is 0 Å². The number of carbonyl (C=O) groups excluding carboxylic acids is 2. The highest BCUT2D eigenvalue weighted by Gasteiger charge is 2.31. The maximum atomic E-state index is 13.3. The summed E-state index contributed by atoms with van der Waals surface area (Å²) in [6, 6.07) is 10.1. The normalized spacial score (nSPS) is 12.7. The van der Waals surface area contributed by atoms with E-state index >= 15 is 0 Å². The van der Waals surface area contributed by atoms with Gasteiger partial charge in [0.2, 0.25) is 0 Å². The number of nitrogens with one attached hydrogen (secondary N) is 2. The molecule has 0 bridgehead atoms. The van der Waals surface area contributed by atoms with Crippen molar-refractivity contribution in [3.05, 3.63) is 58.7 Å². The van der Waals surface area contributed by atoms with E-state index in [9.17, 15) is 14.6 Å². The van der Waals surface area contributed by atoms with E-state index in [0.29, 0.717) is 33.5 Å². The minimum atomic E-state index is -0.927. The molecule has 0 spiro atoms. The van der Waals surface area contributed by atoms with Gasteiger partial charge in [-0.3, -0.25) is 15.0 Å². The van der Waals surface area contributed by atoms with Crippen molar-refractivity contribution < 1.29 is 19.3 Å². The third-order valence-electron chi connectivity index (χ3n) is 4.86. The van der Waals surface area contributed by atoms with Crippen LogP contribution in [0.4, 0.5) is 0 Å². The van der Waals surface area contributed by atoms with E-state index in [1.807, 2.05) is 20.8 Å². The third kappa shape index (κ3) is 4.16. The molecule has 2 amide bonds. The average Bonchev–Trinajstić information content (AvgIpc) is 2.70. The molecule has 2 aromatic rings. The largest absolute Gasteiger partial charge is 0.496 e. The number of nitrogens with zero attached hydrogens (tertiary/aromatic N) is 2. The molecule has 0 fully saturated rings. The number of carbonyl (C=O) groups is 2. The van der Waals surface area contributed by atoms with Gasteiger partial charge in [0.1, 0.15) is 5.75 Å². The molecule has 3 rings (SSSR count). The minimum absolute atomic E-state index is 0.367. The van der Waals surface area contributed by atoms with Gasteiger partial charge < -0.3 is 15.1 Å². The first-order valence-electron chi connectivity index (χ1n) is 9.53. The van der Waals surface area contributed by atoms with Crippen molar-refractivity contribution in [2.24, 2.45) is 5.10 Å². The van der Waals surface area contributed by atoms with Gasteiger partial charge in [-0.05, 0) is 63.0 Å².